The molecule has 0 spiro atoms. The molecular weight excluding hydrogens is 979 g/mol. The maximum Gasteiger partial charge on any atom is 0 e. The van der Waals surface area contributed by atoms with Crippen LogP contribution in [0.3, 0.4) is 0 Å². The van der Waals surface area contributed by atoms with E-state index in [2.05, 4.69) is 176 Å². The van der Waals surface area contributed by atoms with Crippen LogP contribution >= 0.6 is 0 Å². The van der Waals surface area contributed by atoms with Crippen LogP contribution in [0.2, 0.25) is 0 Å². The first-order valence-corrected chi connectivity index (χ1v) is 18.8. The molecule has 0 saturated heterocycles. The van der Waals surface area contributed by atoms with Crippen LogP contribution in [0.1, 0.15) is 183 Å². The summed E-state index contributed by atoms with van der Waals surface area (Å²) >= 11 is 0. The van der Waals surface area contributed by atoms with E-state index in [1.54, 1.807) is 16.7 Å². The van der Waals surface area contributed by atoms with Gasteiger partial charge in [0.05, 0.1) is 0 Å². The van der Waals surface area contributed by atoms with Gasteiger partial charge in [-0.15, -0.1) is 0 Å². The van der Waals surface area contributed by atoms with Crippen LogP contribution in [0.15, 0.2) is 72.8 Å². The van der Waals surface area contributed by atoms with E-state index in [4.69, 9.17) is 0 Å². The van der Waals surface area contributed by atoms with Crippen LogP contribution in [-0.4, -0.2) is 0 Å². The van der Waals surface area contributed by atoms with Gasteiger partial charge in [0.2, 0.25) is 0 Å². The third-order valence-electron chi connectivity index (χ3n) is 9.63. The molecule has 2 heteroatoms. The molecule has 0 fully saturated rings. The largest absolute Gasteiger partial charge is 0.331 e. The second kappa shape index (κ2) is 33.6. The summed E-state index contributed by atoms with van der Waals surface area (Å²) in [7, 11) is 0. The van der Waals surface area contributed by atoms with Crippen molar-refractivity contribution in [3.63, 3.8) is 0 Å². The van der Waals surface area contributed by atoms with Gasteiger partial charge in [0.1, 0.15) is 0 Å². The van der Waals surface area contributed by atoms with Gasteiger partial charge in [-0.3, -0.25) is 0 Å². The zero-order chi connectivity index (χ0) is 34.6. The van der Waals surface area contributed by atoms with Crippen molar-refractivity contribution < 1.29 is 42.1 Å². The Balaban J connectivity index is -0.000000198. The summed E-state index contributed by atoms with van der Waals surface area (Å²) in [6.07, 6.45) is 11.7. The van der Waals surface area contributed by atoms with Crippen molar-refractivity contribution in [3.05, 3.63) is 119 Å². The van der Waals surface area contributed by atoms with E-state index in [9.17, 15) is 0 Å². The smallest absolute Gasteiger partial charge is 0 e. The van der Waals surface area contributed by atoms with Gasteiger partial charge in [-0.2, -0.15) is 26.7 Å². The van der Waals surface area contributed by atoms with E-state index >= 15 is 0 Å². The molecule has 3 atom stereocenters. The van der Waals surface area contributed by atoms with Crippen LogP contribution in [0.25, 0.3) is 0 Å². The predicted octanol–water partition coefficient (Wildman–Crippen LogP) is 16.1. The van der Waals surface area contributed by atoms with E-state index in [1.807, 2.05) is 0 Å². The van der Waals surface area contributed by atoms with Gasteiger partial charge in [-0.25, -0.2) is 0 Å². The second-order valence-corrected chi connectivity index (χ2v) is 14.6. The average molecular weight is 1060 g/mol. The molecule has 3 aromatic carbocycles. The van der Waals surface area contributed by atoms with E-state index < -0.39 is 0 Å². The zero-order valence-electron chi connectivity index (χ0n) is 33.0. The molecule has 3 aromatic rings. The summed E-state index contributed by atoms with van der Waals surface area (Å²) in [6.45, 7) is 29.7. The first-order valence-electron chi connectivity index (χ1n) is 18.8. The van der Waals surface area contributed by atoms with Gasteiger partial charge in [-0.05, 0) is 100 Å². The summed E-state index contributed by atoms with van der Waals surface area (Å²) < 4.78 is 0. The molecule has 0 aliphatic rings. The summed E-state index contributed by atoms with van der Waals surface area (Å²) in [4.78, 5) is 0. The molecule has 3 rings (SSSR count). The Morgan fingerprint density at radius 1 is 0.431 bits per heavy atom. The van der Waals surface area contributed by atoms with Crippen molar-refractivity contribution in [3.8, 4) is 0 Å². The molecule has 0 saturated carbocycles. The van der Waals surface area contributed by atoms with Crippen molar-refractivity contribution in [1.29, 1.82) is 0 Å². The first kappa shape index (κ1) is 59.3. The Kier molecular flexibility index (Phi) is 39.1. The SMILES string of the molecule is C.C.C.CCc1ccccc1C(CC(C)C)C(C)C.C[CH-]CC(c1ccccc1CC)C(C)C.C[CH-]CC(c1ccccc1CC)C(C)C.[Pt].[Pt]. The molecule has 302 valence electrons. The molecular formula is C49H84Pt2-2. The van der Waals surface area contributed by atoms with E-state index in [1.165, 1.54) is 36.0 Å². The van der Waals surface area contributed by atoms with Crippen LogP contribution in [0.4, 0.5) is 0 Å². The average Bonchev–Trinajstić information content (AvgIpc) is 3.05. The minimum Gasteiger partial charge on any atom is -0.331 e. The molecule has 0 radical (unpaired) electrons. The molecule has 0 amide bonds. The monoisotopic (exact) mass is 1060 g/mol. The molecule has 0 aliphatic carbocycles. The number of rotatable bonds is 15. The number of hydrogen-bond acceptors (Lipinski definition) is 0. The van der Waals surface area contributed by atoms with Crippen molar-refractivity contribution >= 4 is 0 Å². The summed E-state index contributed by atoms with van der Waals surface area (Å²) in [5.74, 6) is 5.03. The summed E-state index contributed by atoms with van der Waals surface area (Å²) in [5.41, 5.74) is 9.23. The zero-order valence-corrected chi connectivity index (χ0v) is 37.5. The van der Waals surface area contributed by atoms with Crippen molar-refractivity contribution in [2.24, 2.45) is 23.7 Å². The fourth-order valence-corrected chi connectivity index (χ4v) is 6.94. The second-order valence-electron chi connectivity index (χ2n) is 14.6. The van der Waals surface area contributed by atoms with Gasteiger partial charge >= 0.3 is 0 Å². The topological polar surface area (TPSA) is 0 Å². The fraction of sp³-hybridized carbons (Fsp3) is 0.592. The Morgan fingerprint density at radius 2 is 0.686 bits per heavy atom. The summed E-state index contributed by atoms with van der Waals surface area (Å²) in [6, 6.07) is 26.7. The molecule has 0 nitrogen and oxygen atoms in total. The summed E-state index contributed by atoms with van der Waals surface area (Å²) in [5, 5.41) is 0. The molecule has 0 heterocycles. The van der Waals surface area contributed by atoms with Gasteiger partial charge in [0.15, 0.2) is 0 Å². The van der Waals surface area contributed by atoms with Crippen molar-refractivity contribution in [2.75, 3.05) is 0 Å². The Hall–Kier alpha value is -0.963. The third-order valence-corrected chi connectivity index (χ3v) is 9.63. The van der Waals surface area contributed by atoms with Gasteiger partial charge in [0.25, 0.3) is 0 Å². The van der Waals surface area contributed by atoms with Crippen molar-refractivity contribution in [2.45, 2.75) is 169 Å². The van der Waals surface area contributed by atoms with Crippen LogP contribution in [0, 0.1) is 36.5 Å². The molecule has 0 N–H and O–H groups in total. The Labute approximate surface area is 351 Å². The first-order chi connectivity index (χ1) is 22.0. The molecule has 0 aromatic heterocycles. The van der Waals surface area contributed by atoms with E-state index in [0.29, 0.717) is 23.7 Å². The molecule has 3 unspecified atom stereocenters. The number of hydrogen-bond donors (Lipinski definition) is 0. The molecule has 0 bridgehead atoms. The third kappa shape index (κ3) is 20.9. The predicted molar refractivity (Wildman–Crippen MR) is 229 cm³/mol. The van der Waals surface area contributed by atoms with Gasteiger partial charge in [-0.1, -0.05) is 171 Å². The standard InChI is InChI=1S/C16H26.2C15H23.3CH4.2Pt/c1-6-14-9-7-8-10-15(14)16(13(4)5)11-12(2)3;2*1-5-9-14(12(3)4)15-11-8-7-10-13(15)6-2;;;;;/h7-10,12-13,16H,6,11H2,1-5H3;2*5,7-8,10-12,14H,6,9H2,1-4H3;3*1H4;;/q;2*-1;;;;;. The maximum atomic E-state index is 2.35. The maximum absolute atomic E-state index is 2.35. The van der Waals surface area contributed by atoms with Crippen LogP contribution in [-0.2, 0) is 61.4 Å². The van der Waals surface area contributed by atoms with E-state index in [0.717, 1.165) is 37.0 Å². The van der Waals surface area contributed by atoms with Crippen LogP contribution < -0.4 is 0 Å². The van der Waals surface area contributed by atoms with Crippen LogP contribution in [0.5, 0.6) is 0 Å². The number of aryl methyl sites for hydroxylation is 3. The Bertz CT molecular complexity index is 1130. The van der Waals surface area contributed by atoms with Gasteiger partial charge in [0, 0.05) is 42.1 Å². The molecule has 0 aliphatic heterocycles. The van der Waals surface area contributed by atoms with Crippen molar-refractivity contribution in [1.82, 2.24) is 0 Å². The quantitative estimate of drug-likeness (QED) is 0.133. The minimum atomic E-state index is 0. The normalized spacial score (nSPS) is 11.9. The van der Waals surface area contributed by atoms with E-state index in [-0.39, 0.29) is 64.4 Å². The fourth-order valence-electron chi connectivity index (χ4n) is 6.94. The Morgan fingerprint density at radius 3 is 0.902 bits per heavy atom. The minimum absolute atomic E-state index is 0. The molecule has 51 heavy (non-hydrogen) atoms. The number of benzene rings is 3. The van der Waals surface area contributed by atoms with Gasteiger partial charge < -0.3 is 12.8 Å².